The summed E-state index contributed by atoms with van der Waals surface area (Å²) in [6, 6.07) is 9.46. The maximum absolute atomic E-state index is 11.7. The van der Waals surface area contributed by atoms with E-state index >= 15 is 0 Å². The van der Waals surface area contributed by atoms with Crippen LogP contribution < -0.4 is 10.6 Å². The van der Waals surface area contributed by atoms with Crippen molar-refractivity contribution in [2.45, 2.75) is 46.6 Å². The van der Waals surface area contributed by atoms with Crippen LogP contribution in [0.4, 0.5) is 4.79 Å². The van der Waals surface area contributed by atoms with E-state index in [1.165, 1.54) is 0 Å². The van der Waals surface area contributed by atoms with Crippen LogP contribution in [0.5, 0.6) is 0 Å². The Hall–Kier alpha value is -2.06. The highest BCUT2D eigenvalue weighted by Gasteiger charge is 2.05. The Morgan fingerprint density at radius 2 is 1.79 bits per heavy atom. The second-order valence-corrected chi connectivity index (χ2v) is 7.35. The smallest absolute Gasteiger partial charge is 0.407 e. The van der Waals surface area contributed by atoms with Gasteiger partial charge in [-0.15, -0.1) is 0 Å². The van der Waals surface area contributed by atoms with Crippen molar-refractivity contribution in [2.75, 3.05) is 26.0 Å². The molecule has 1 amide bonds. The van der Waals surface area contributed by atoms with Gasteiger partial charge in [-0.1, -0.05) is 63.6 Å². The monoisotopic (exact) mass is 414 g/mol. The van der Waals surface area contributed by atoms with Crippen LogP contribution in [0.3, 0.4) is 0 Å². The SMILES string of the molecule is CC.CCC/C=C(\CCNC(=O)OCc1ccccc1)NCCOS(C)(=O)=O. The van der Waals surface area contributed by atoms with Crippen LogP contribution in [0.15, 0.2) is 42.1 Å². The van der Waals surface area contributed by atoms with E-state index in [-0.39, 0.29) is 13.2 Å². The van der Waals surface area contributed by atoms with E-state index in [1.54, 1.807) is 0 Å². The van der Waals surface area contributed by atoms with Crippen molar-refractivity contribution in [1.82, 2.24) is 10.6 Å². The Kier molecular flexibility index (Phi) is 14.8. The van der Waals surface area contributed by atoms with Gasteiger partial charge in [0, 0.05) is 25.2 Å². The van der Waals surface area contributed by atoms with Gasteiger partial charge in [-0.3, -0.25) is 4.18 Å². The van der Waals surface area contributed by atoms with E-state index in [0.717, 1.165) is 30.4 Å². The molecule has 160 valence electrons. The molecule has 0 aliphatic carbocycles. The molecule has 0 saturated heterocycles. The lowest BCUT2D eigenvalue weighted by molar-refractivity contribution is 0.139. The number of nitrogens with one attached hydrogen (secondary N) is 2. The van der Waals surface area contributed by atoms with Gasteiger partial charge in [0.25, 0.3) is 10.1 Å². The van der Waals surface area contributed by atoms with Crippen LogP contribution in [-0.2, 0) is 25.6 Å². The summed E-state index contributed by atoms with van der Waals surface area (Å²) >= 11 is 0. The van der Waals surface area contributed by atoms with Gasteiger partial charge >= 0.3 is 6.09 Å². The molecule has 28 heavy (non-hydrogen) atoms. The van der Waals surface area contributed by atoms with Crippen LogP contribution in [0, 0.1) is 0 Å². The third-order valence-corrected chi connectivity index (χ3v) is 3.90. The Labute approximate surface area is 169 Å². The number of carbonyl (C=O) groups excluding carboxylic acids is 1. The van der Waals surface area contributed by atoms with E-state index in [4.69, 9.17) is 8.92 Å². The summed E-state index contributed by atoms with van der Waals surface area (Å²) in [6.07, 6.45) is 5.08. The summed E-state index contributed by atoms with van der Waals surface area (Å²) in [5, 5.41) is 5.84. The quantitative estimate of drug-likeness (QED) is 0.401. The number of amides is 1. The first-order chi connectivity index (χ1) is 13.4. The predicted octanol–water partition coefficient (Wildman–Crippen LogP) is 3.58. The second kappa shape index (κ2) is 15.9. The van der Waals surface area contributed by atoms with Crippen LogP contribution >= 0.6 is 0 Å². The molecule has 2 N–H and O–H groups in total. The van der Waals surface area contributed by atoms with Gasteiger partial charge in [0.05, 0.1) is 12.9 Å². The minimum Gasteiger partial charge on any atom is -0.445 e. The van der Waals surface area contributed by atoms with E-state index in [9.17, 15) is 13.2 Å². The zero-order valence-electron chi connectivity index (χ0n) is 17.4. The first-order valence-electron chi connectivity index (χ1n) is 9.62. The summed E-state index contributed by atoms with van der Waals surface area (Å²) in [7, 11) is -3.43. The van der Waals surface area contributed by atoms with Crippen LogP contribution in [-0.4, -0.2) is 40.5 Å². The molecule has 0 bridgehead atoms. The minimum absolute atomic E-state index is 0.0643. The third kappa shape index (κ3) is 15.0. The lowest BCUT2D eigenvalue weighted by Gasteiger charge is -2.12. The number of rotatable bonds is 12. The first kappa shape index (κ1) is 25.9. The molecule has 0 spiro atoms. The topological polar surface area (TPSA) is 93.7 Å². The third-order valence-electron chi connectivity index (χ3n) is 3.31. The Bertz CT molecular complexity index is 660. The van der Waals surface area contributed by atoms with E-state index < -0.39 is 16.2 Å². The molecule has 1 aromatic rings. The highest BCUT2D eigenvalue weighted by molar-refractivity contribution is 7.85. The molecule has 1 aromatic carbocycles. The number of hydrogen-bond acceptors (Lipinski definition) is 6. The largest absolute Gasteiger partial charge is 0.445 e. The van der Waals surface area contributed by atoms with Crippen molar-refractivity contribution < 1.29 is 22.1 Å². The molecule has 0 fully saturated rings. The van der Waals surface area contributed by atoms with Gasteiger partial charge in [-0.05, 0) is 12.0 Å². The van der Waals surface area contributed by atoms with E-state index in [0.29, 0.717) is 19.5 Å². The fourth-order valence-electron chi connectivity index (χ4n) is 2.06. The molecule has 1 rings (SSSR count). The fraction of sp³-hybridized carbons (Fsp3) is 0.550. The van der Waals surface area contributed by atoms with Gasteiger partial charge in [0.2, 0.25) is 0 Å². The number of unbranched alkanes of at least 4 members (excludes halogenated alkanes) is 1. The average Bonchev–Trinajstić information content (AvgIpc) is 2.68. The van der Waals surface area contributed by atoms with Crippen molar-refractivity contribution in [3.8, 4) is 0 Å². The Morgan fingerprint density at radius 3 is 2.39 bits per heavy atom. The highest BCUT2D eigenvalue weighted by atomic mass is 32.2. The van der Waals surface area contributed by atoms with Gasteiger partial charge in [-0.25, -0.2) is 4.79 Å². The molecule has 8 heteroatoms. The summed E-state index contributed by atoms with van der Waals surface area (Å²) < 4.78 is 31.7. The zero-order valence-corrected chi connectivity index (χ0v) is 18.2. The molecular weight excluding hydrogens is 380 g/mol. The molecule has 0 atom stereocenters. The number of alkyl carbamates (subject to hydrolysis) is 1. The van der Waals surface area contributed by atoms with E-state index in [2.05, 4.69) is 17.6 Å². The Morgan fingerprint density at radius 1 is 1.11 bits per heavy atom. The predicted molar refractivity (Wildman–Crippen MR) is 112 cm³/mol. The molecule has 0 aliphatic heterocycles. The van der Waals surface area contributed by atoms with Crippen LogP contribution in [0.2, 0.25) is 0 Å². The van der Waals surface area contributed by atoms with Crippen LogP contribution in [0.25, 0.3) is 0 Å². The summed E-state index contributed by atoms with van der Waals surface area (Å²) in [5.41, 5.74) is 1.87. The summed E-state index contributed by atoms with van der Waals surface area (Å²) in [6.45, 7) is 7.16. The highest BCUT2D eigenvalue weighted by Crippen LogP contribution is 2.02. The van der Waals surface area contributed by atoms with Gasteiger partial charge in [0.15, 0.2) is 0 Å². The van der Waals surface area contributed by atoms with Gasteiger partial charge in [-0.2, -0.15) is 8.42 Å². The lowest BCUT2D eigenvalue weighted by atomic mass is 10.2. The number of benzene rings is 1. The fourth-order valence-corrected chi connectivity index (χ4v) is 2.45. The number of ether oxygens (including phenoxy) is 1. The molecule has 7 nitrogen and oxygen atoms in total. The van der Waals surface area contributed by atoms with Crippen molar-refractivity contribution in [3.63, 3.8) is 0 Å². The average molecular weight is 415 g/mol. The molecular formula is C20H34N2O5S. The molecule has 0 heterocycles. The normalized spacial score (nSPS) is 11.2. The molecule has 0 aromatic heterocycles. The zero-order chi connectivity index (χ0) is 21.3. The second-order valence-electron chi connectivity index (χ2n) is 5.71. The van der Waals surface area contributed by atoms with Crippen molar-refractivity contribution in [2.24, 2.45) is 0 Å². The molecule has 0 saturated carbocycles. The van der Waals surface area contributed by atoms with Gasteiger partial charge < -0.3 is 15.4 Å². The molecule has 0 aliphatic rings. The van der Waals surface area contributed by atoms with Crippen molar-refractivity contribution in [3.05, 3.63) is 47.7 Å². The van der Waals surface area contributed by atoms with Crippen molar-refractivity contribution >= 4 is 16.2 Å². The lowest BCUT2D eigenvalue weighted by Crippen LogP contribution is -2.28. The summed E-state index contributed by atoms with van der Waals surface area (Å²) in [4.78, 5) is 11.7. The molecule has 0 unspecified atom stereocenters. The first-order valence-corrected chi connectivity index (χ1v) is 11.4. The minimum atomic E-state index is -3.43. The summed E-state index contributed by atoms with van der Waals surface area (Å²) in [5.74, 6) is 0. The standard InChI is InChI=1S/C18H28N2O5S.C2H6/c1-3-4-10-17(19-13-14-25-26(2,22)23)11-12-20-18(21)24-15-16-8-6-5-7-9-16;1-2/h5-10,19H,3-4,11-15H2,1-2H3,(H,20,21);1-2H3/b17-10+;. The van der Waals surface area contributed by atoms with E-state index in [1.807, 2.05) is 50.3 Å². The number of allylic oxidation sites excluding steroid dienone is 1. The number of carbonyl (C=O) groups is 1. The number of hydrogen-bond donors (Lipinski definition) is 2. The van der Waals surface area contributed by atoms with Crippen LogP contribution in [0.1, 0.15) is 45.6 Å². The maximum atomic E-state index is 11.7. The van der Waals surface area contributed by atoms with Crippen molar-refractivity contribution in [1.29, 1.82) is 0 Å². The molecule has 0 radical (unpaired) electrons. The maximum Gasteiger partial charge on any atom is 0.407 e. The van der Waals surface area contributed by atoms with Gasteiger partial charge in [0.1, 0.15) is 6.61 Å². The Balaban J connectivity index is 0.00000352.